The van der Waals surface area contributed by atoms with Crippen molar-refractivity contribution in [2.24, 2.45) is 17.8 Å². The van der Waals surface area contributed by atoms with Gasteiger partial charge in [0.05, 0.1) is 0 Å². The van der Waals surface area contributed by atoms with Crippen molar-refractivity contribution < 1.29 is 26.7 Å². The van der Waals surface area contributed by atoms with Gasteiger partial charge in [-0.3, -0.25) is 0 Å². The second-order valence-electron chi connectivity index (χ2n) is 10.0. The molecule has 1 aromatic heterocycles. The van der Waals surface area contributed by atoms with E-state index >= 15 is 0 Å². The molecule has 35 heavy (non-hydrogen) atoms. The van der Waals surface area contributed by atoms with Crippen LogP contribution < -0.4 is 5.32 Å². The molecule has 2 saturated heterocycles. The van der Waals surface area contributed by atoms with E-state index < -0.39 is 40.7 Å². The Hall–Kier alpha value is -2.33. The molecule has 2 aromatic rings. The second kappa shape index (κ2) is 10.3. The van der Waals surface area contributed by atoms with Gasteiger partial charge in [-0.05, 0) is 68.5 Å². The van der Waals surface area contributed by atoms with Crippen LogP contribution in [0.25, 0.3) is 11.3 Å². The first-order chi connectivity index (χ1) is 16.9. The summed E-state index contributed by atoms with van der Waals surface area (Å²) in [6.45, 7) is 4.94. The van der Waals surface area contributed by atoms with Crippen molar-refractivity contribution >= 4 is 5.82 Å². The summed E-state index contributed by atoms with van der Waals surface area (Å²) < 4.78 is 74.4. The average molecular weight is 497 g/mol. The lowest BCUT2D eigenvalue weighted by atomic mass is 9.96. The van der Waals surface area contributed by atoms with Gasteiger partial charge in [0, 0.05) is 49.5 Å². The highest BCUT2D eigenvalue weighted by Crippen LogP contribution is 2.40. The summed E-state index contributed by atoms with van der Waals surface area (Å²) in [4.78, 5) is 2.54. The van der Waals surface area contributed by atoms with Gasteiger partial charge in [0.1, 0.15) is 17.3 Å². The number of alkyl halides is 2. The van der Waals surface area contributed by atoms with Crippen molar-refractivity contribution in [2.45, 2.75) is 44.6 Å². The number of nitrogens with one attached hydrogen (secondary N) is 1. The second-order valence-corrected chi connectivity index (χ2v) is 10.0. The number of benzene rings is 1. The number of hydrogen-bond donors (Lipinski definition) is 1. The van der Waals surface area contributed by atoms with Gasteiger partial charge in [-0.1, -0.05) is 0 Å². The number of aromatic nitrogens is 2. The minimum Gasteiger partial charge on any atom is -0.381 e. The van der Waals surface area contributed by atoms with Gasteiger partial charge < -0.3 is 15.0 Å². The van der Waals surface area contributed by atoms with Crippen LogP contribution in [-0.4, -0.2) is 54.0 Å². The topological polar surface area (TPSA) is 50.3 Å². The van der Waals surface area contributed by atoms with Gasteiger partial charge in [-0.25, -0.2) is 22.0 Å². The van der Waals surface area contributed by atoms with E-state index in [2.05, 4.69) is 20.4 Å². The molecule has 5 rings (SSSR count). The fourth-order valence-corrected chi connectivity index (χ4v) is 5.89. The fourth-order valence-electron chi connectivity index (χ4n) is 5.89. The molecule has 1 N–H and O–H groups in total. The molecule has 2 atom stereocenters. The Morgan fingerprint density at radius 1 is 1.00 bits per heavy atom. The molecule has 3 fully saturated rings. The van der Waals surface area contributed by atoms with Crippen LogP contribution in [0.1, 0.15) is 44.1 Å². The van der Waals surface area contributed by atoms with Crippen molar-refractivity contribution in [2.75, 3.05) is 38.2 Å². The van der Waals surface area contributed by atoms with E-state index in [0.717, 1.165) is 70.5 Å². The lowest BCUT2D eigenvalue weighted by molar-refractivity contribution is 0.0607. The predicted molar refractivity (Wildman–Crippen MR) is 121 cm³/mol. The Bertz CT molecular complexity index is 1030. The lowest BCUT2D eigenvalue weighted by Gasteiger charge is -2.25. The number of hydrogen-bond acceptors (Lipinski definition) is 5. The summed E-state index contributed by atoms with van der Waals surface area (Å²) in [5.74, 6) is -1.98. The van der Waals surface area contributed by atoms with Gasteiger partial charge >= 0.3 is 0 Å². The quantitative estimate of drug-likeness (QED) is 0.409. The summed E-state index contributed by atoms with van der Waals surface area (Å²) in [6.07, 6.45) is 2.31. The van der Waals surface area contributed by atoms with Crippen molar-refractivity contribution in [1.29, 1.82) is 0 Å². The van der Waals surface area contributed by atoms with Crippen LogP contribution in [-0.2, 0) is 4.74 Å². The zero-order valence-corrected chi connectivity index (χ0v) is 19.3. The number of halogens is 5. The number of fused-ring (bicyclic) bond motifs is 1. The van der Waals surface area contributed by atoms with E-state index in [9.17, 15) is 22.0 Å². The molecule has 3 heterocycles. The van der Waals surface area contributed by atoms with Gasteiger partial charge in [0.2, 0.25) is 0 Å². The van der Waals surface area contributed by atoms with Crippen LogP contribution in [0.15, 0.2) is 18.2 Å². The van der Waals surface area contributed by atoms with E-state index in [-0.39, 0.29) is 11.9 Å². The van der Waals surface area contributed by atoms with Crippen LogP contribution in [0.4, 0.5) is 27.8 Å². The number of rotatable bonds is 7. The predicted octanol–water partition coefficient (Wildman–Crippen LogP) is 5.44. The van der Waals surface area contributed by atoms with Crippen molar-refractivity contribution in [3.05, 3.63) is 41.2 Å². The summed E-state index contributed by atoms with van der Waals surface area (Å²) in [5.41, 5.74) is -1.86. The SMILES string of the molecule is Fc1cc(F)c(F)c(-c2nnc(NC3C[C@@H]4CN(CCC5CCOCC5)C[C@H]4C3)cc2C(F)F)c1. The highest BCUT2D eigenvalue weighted by molar-refractivity contribution is 5.65. The number of anilines is 1. The average Bonchev–Trinajstić information content (AvgIpc) is 3.39. The molecule has 190 valence electrons. The number of nitrogens with zero attached hydrogens (tertiary/aromatic N) is 3. The zero-order valence-electron chi connectivity index (χ0n) is 19.3. The standard InChI is InChI=1S/C25H29F5N4O/c26-17-9-19(23(28)21(27)10-17)24-20(25(29)30)11-22(32-33-24)31-18-7-15-12-34(13-16(15)8-18)4-1-14-2-5-35-6-3-14/h9-11,14-16,18,25H,1-8,12-13H2,(H,31,32)/t15-,16-/m1/s1. The van der Waals surface area contributed by atoms with Crippen LogP contribution in [0.5, 0.6) is 0 Å². The Kier molecular flexibility index (Phi) is 7.20. The van der Waals surface area contributed by atoms with Crippen molar-refractivity contribution in [3.8, 4) is 11.3 Å². The molecule has 2 aliphatic heterocycles. The molecular formula is C25H29F5N4O. The van der Waals surface area contributed by atoms with E-state index in [1.165, 1.54) is 6.42 Å². The number of ether oxygens (including phenoxy) is 1. The molecule has 10 heteroatoms. The summed E-state index contributed by atoms with van der Waals surface area (Å²) in [6, 6.07) is 2.18. The zero-order chi connectivity index (χ0) is 24.5. The monoisotopic (exact) mass is 496 g/mol. The van der Waals surface area contributed by atoms with Crippen molar-refractivity contribution in [3.63, 3.8) is 0 Å². The van der Waals surface area contributed by atoms with Gasteiger partial charge in [-0.2, -0.15) is 0 Å². The highest BCUT2D eigenvalue weighted by Gasteiger charge is 2.41. The van der Waals surface area contributed by atoms with Crippen molar-refractivity contribution in [1.82, 2.24) is 15.1 Å². The van der Waals surface area contributed by atoms with Gasteiger partial charge in [-0.15, -0.1) is 10.2 Å². The maximum atomic E-state index is 14.2. The molecule has 0 bridgehead atoms. The smallest absolute Gasteiger partial charge is 0.266 e. The summed E-state index contributed by atoms with van der Waals surface area (Å²) in [5, 5.41) is 10.8. The third-order valence-electron chi connectivity index (χ3n) is 7.68. The molecule has 0 spiro atoms. The van der Waals surface area contributed by atoms with Gasteiger partial charge in [0.25, 0.3) is 6.43 Å². The molecule has 0 amide bonds. The molecule has 1 aromatic carbocycles. The lowest BCUT2D eigenvalue weighted by Crippen LogP contribution is -2.28. The largest absolute Gasteiger partial charge is 0.381 e. The van der Waals surface area contributed by atoms with Crippen LogP contribution in [0.3, 0.4) is 0 Å². The Labute approximate surface area is 201 Å². The van der Waals surface area contributed by atoms with E-state index in [1.54, 1.807) is 0 Å². The molecule has 1 saturated carbocycles. The Balaban J connectivity index is 1.21. The first-order valence-corrected chi connectivity index (χ1v) is 12.2. The molecule has 1 aliphatic carbocycles. The number of likely N-dealkylation sites (tertiary alicyclic amines) is 1. The Morgan fingerprint density at radius 3 is 2.40 bits per heavy atom. The minimum atomic E-state index is -3.01. The maximum Gasteiger partial charge on any atom is 0.266 e. The van der Waals surface area contributed by atoms with Gasteiger partial charge in [0.15, 0.2) is 11.6 Å². The Morgan fingerprint density at radius 2 is 1.71 bits per heavy atom. The third-order valence-corrected chi connectivity index (χ3v) is 7.68. The van der Waals surface area contributed by atoms with Crippen LogP contribution in [0, 0.1) is 35.2 Å². The molecule has 3 aliphatic rings. The molecular weight excluding hydrogens is 467 g/mol. The highest BCUT2D eigenvalue weighted by atomic mass is 19.3. The first kappa shape index (κ1) is 24.4. The first-order valence-electron chi connectivity index (χ1n) is 12.2. The van der Waals surface area contributed by atoms with E-state index in [1.807, 2.05) is 0 Å². The maximum absolute atomic E-state index is 14.2. The molecule has 0 unspecified atom stereocenters. The van der Waals surface area contributed by atoms with E-state index in [4.69, 9.17) is 4.74 Å². The summed E-state index contributed by atoms with van der Waals surface area (Å²) in [7, 11) is 0. The molecule has 0 radical (unpaired) electrons. The summed E-state index contributed by atoms with van der Waals surface area (Å²) >= 11 is 0. The van der Waals surface area contributed by atoms with Crippen LogP contribution >= 0.6 is 0 Å². The molecule has 5 nitrogen and oxygen atoms in total. The fraction of sp³-hybridized carbons (Fsp3) is 0.600. The van der Waals surface area contributed by atoms with Crippen LogP contribution in [0.2, 0.25) is 0 Å². The normalized spacial score (nSPS) is 23.8. The minimum absolute atomic E-state index is 0.0802. The third kappa shape index (κ3) is 5.43. The van der Waals surface area contributed by atoms with E-state index in [0.29, 0.717) is 24.0 Å².